The van der Waals surface area contributed by atoms with Gasteiger partial charge in [0.05, 0.1) is 18.8 Å². The number of nitrogens with two attached hydrogens (primary N) is 1. The summed E-state index contributed by atoms with van der Waals surface area (Å²) in [7, 11) is 1.65. The van der Waals surface area contributed by atoms with Gasteiger partial charge in [-0.2, -0.15) is 0 Å². The van der Waals surface area contributed by atoms with Crippen molar-refractivity contribution in [1.82, 2.24) is 20.2 Å². The first-order valence-corrected chi connectivity index (χ1v) is 12.7. The number of halogens is 1. The average Bonchev–Trinajstić information content (AvgIpc) is 2.89. The maximum atomic E-state index is 15.1. The first-order valence-electron chi connectivity index (χ1n) is 12.7. The summed E-state index contributed by atoms with van der Waals surface area (Å²) >= 11 is 0. The number of aliphatic imine (C=N–C) groups is 1. The predicted molar refractivity (Wildman–Crippen MR) is 148 cm³/mol. The fourth-order valence-electron chi connectivity index (χ4n) is 3.67. The third-order valence-electron chi connectivity index (χ3n) is 5.72. The third kappa shape index (κ3) is 9.06. The summed E-state index contributed by atoms with van der Waals surface area (Å²) in [4.78, 5) is 44.2. The van der Waals surface area contributed by atoms with Crippen molar-refractivity contribution in [2.45, 2.75) is 45.8 Å². The molecule has 1 saturated heterocycles. The molecular formula is C26H35FN8O5. The fraction of sp³-hybridized carbons (Fsp3) is 0.462. The maximum Gasteiger partial charge on any atom is 0.411 e. The number of hydrogen-bond donors (Lipinski definition) is 3. The van der Waals surface area contributed by atoms with E-state index in [1.807, 2.05) is 31.0 Å². The van der Waals surface area contributed by atoms with Crippen molar-refractivity contribution in [2.75, 3.05) is 38.2 Å². The number of nitrogens with zero attached hydrogens (tertiary/aromatic N) is 6. The molecule has 1 fully saturated rings. The quantitative estimate of drug-likeness (QED) is 0.191. The molecule has 1 aliphatic heterocycles. The van der Waals surface area contributed by atoms with E-state index < -0.39 is 23.6 Å². The molecular weight excluding hydrogens is 523 g/mol. The van der Waals surface area contributed by atoms with Crippen LogP contribution in [-0.4, -0.2) is 82.7 Å². The Labute approximate surface area is 231 Å². The molecule has 1 aromatic heterocycles. The molecule has 2 amide bonds. The molecule has 14 heteroatoms. The molecule has 2 aromatic rings. The minimum Gasteiger partial charge on any atom is -0.465 e. The van der Waals surface area contributed by atoms with Crippen LogP contribution in [0.15, 0.2) is 40.7 Å². The Morgan fingerprint density at radius 2 is 1.90 bits per heavy atom. The molecule has 40 heavy (non-hydrogen) atoms. The van der Waals surface area contributed by atoms with Crippen molar-refractivity contribution >= 4 is 29.8 Å². The molecule has 0 unspecified atom stereocenters. The van der Waals surface area contributed by atoms with Gasteiger partial charge < -0.3 is 30.2 Å². The van der Waals surface area contributed by atoms with Crippen molar-refractivity contribution in [3.63, 3.8) is 0 Å². The van der Waals surface area contributed by atoms with Crippen molar-refractivity contribution < 1.29 is 28.7 Å². The summed E-state index contributed by atoms with van der Waals surface area (Å²) in [5.74, 6) is -0.310. The van der Waals surface area contributed by atoms with Crippen LogP contribution >= 0.6 is 0 Å². The number of piperidine rings is 1. The highest BCUT2D eigenvalue weighted by molar-refractivity contribution is 5.92. The van der Waals surface area contributed by atoms with Gasteiger partial charge in [-0.15, -0.1) is 0 Å². The number of carbonyl (C=O) groups is 2. The highest BCUT2D eigenvalue weighted by Gasteiger charge is 2.20. The first kappa shape index (κ1) is 30.1. The van der Waals surface area contributed by atoms with Crippen molar-refractivity contribution in [2.24, 2.45) is 15.9 Å². The summed E-state index contributed by atoms with van der Waals surface area (Å²) in [6.07, 6.45) is 2.69. The number of benzene rings is 1. The van der Waals surface area contributed by atoms with Gasteiger partial charge >= 0.3 is 12.2 Å². The van der Waals surface area contributed by atoms with Crippen LogP contribution in [0.1, 0.15) is 39.2 Å². The lowest BCUT2D eigenvalue weighted by atomic mass is 10.0. The molecule has 3 rings (SSSR count). The second-order valence-corrected chi connectivity index (χ2v) is 10.1. The number of ether oxygens (including phenoxy) is 1. The summed E-state index contributed by atoms with van der Waals surface area (Å²) in [6.45, 7) is 7.20. The van der Waals surface area contributed by atoms with Crippen LogP contribution in [0.2, 0.25) is 0 Å². The lowest BCUT2D eigenvalue weighted by Crippen LogP contribution is -2.36. The zero-order valence-electron chi connectivity index (χ0n) is 23.1. The molecule has 0 atom stereocenters. The number of likely N-dealkylation sites (N-methyl/N-ethyl adjacent to an activating group) is 1. The summed E-state index contributed by atoms with van der Waals surface area (Å²) < 4.78 is 20.4. The number of oxime groups is 1. The van der Waals surface area contributed by atoms with E-state index in [0.29, 0.717) is 49.6 Å². The van der Waals surface area contributed by atoms with Crippen molar-refractivity contribution in [1.29, 1.82) is 0 Å². The van der Waals surface area contributed by atoms with Gasteiger partial charge in [0.1, 0.15) is 18.0 Å². The van der Waals surface area contributed by atoms with E-state index in [0.717, 1.165) is 5.71 Å². The van der Waals surface area contributed by atoms with Gasteiger partial charge in [-0.3, -0.25) is 5.32 Å². The Morgan fingerprint density at radius 1 is 1.23 bits per heavy atom. The minimum absolute atomic E-state index is 0.132. The molecule has 1 aromatic carbocycles. The molecule has 13 nitrogen and oxygen atoms in total. The Morgan fingerprint density at radius 3 is 2.52 bits per heavy atom. The van der Waals surface area contributed by atoms with Crippen LogP contribution in [0.3, 0.4) is 0 Å². The molecule has 2 heterocycles. The van der Waals surface area contributed by atoms with Gasteiger partial charge in [-0.1, -0.05) is 23.4 Å². The summed E-state index contributed by atoms with van der Waals surface area (Å²) in [5, 5.41) is 14.8. The second-order valence-electron chi connectivity index (χ2n) is 10.1. The zero-order valence-corrected chi connectivity index (χ0v) is 23.1. The van der Waals surface area contributed by atoms with Gasteiger partial charge in [0.15, 0.2) is 5.96 Å². The standard InChI is InChI=1S/C26H35FN8O5/c1-26(2,3)40-25(38)34(4)12-13-39-33-19-8-10-35(11-9-19)23-30-15-18(16-31-23)20-7-5-6-17(21(20)27)14-29-22(28)32-24(36)37/h5-7,15-16H,8-14H2,1-4H3,(H,36,37)(H3,28,29,32). The van der Waals surface area contributed by atoms with E-state index in [2.05, 4.69) is 20.1 Å². The lowest BCUT2D eigenvalue weighted by Gasteiger charge is -2.27. The molecule has 0 bridgehead atoms. The van der Waals surface area contributed by atoms with E-state index in [1.54, 1.807) is 37.6 Å². The van der Waals surface area contributed by atoms with E-state index in [-0.39, 0.29) is 24.7 Å². The molecule has 216 valence electrons. The number of rotatable bonds is 8. The normalized spacial score (nSPS) is 14.0. The number of guanidine groups is 1. The monoisotopic (exact) mass is 558 g/mol. The number of aromatic nitrogens is 2. The molecule has 1 aliphatic rings. The molecule has 0 radical (unpaired) electrons. The third-order valence-corrected chi connectivity index (χ3v) is 5.72. The fourth-order valence-corrected chi connectivity index (χ4v) is 3.67. The highest BCUT2D eigenvalue weighted by atomic mass is 19.1. The van der Waals surface area contributed by atoms with Crippen molar-refractivity contribution in [3.05, 3.63) is 42.0 Å². The first-order chi connectivity index (χ1) is 18.9. The predicted octanol–water partition coefficient (Wildman–Crippen LogP) is 3.20. The number of nitrogens with one attached hydrogen (secondary N) is 1. The minimum atomic E-state index is -1.35. The Bertz CT molecular complexity index is 1240. The van der Waals surface area contributed by atoms with Crippen LogP contribution in [-0.2, 0) is 16.1 Å². The zero-order chi connectivity index (χ0) is 29.3. The smallest absolute Gasteiger partial charge is 0.411 e. The van der Waals surface area contributed by atoms with Gasteiger partial charge in [-0.25, -0.2) is 28.9 Å². The van der Waals surface area contributed by atoms with Crippen LogP contribution in [0, 0.1) is 5.82 Å². The van der Waals surface area contributed by atoms with Gasteiger partial charge in [0.2, 0.25) is 5.95 Å². The van der Waals surface area contributed by atoms with Crippen LogP contribution in [0.25, 0.3) is 11.1 Å². The van der Waals surface area contributed by atoms with E-state index in [4.69, 9.17) is 20.4 Å². The molecule has 0 aliphatic carbocycles. The van der Waals surface area contributed by atoms with Gasteiger partial charge in [0.25, 0.3) is 0 Å². The number of carbonyl (C=O) groups excluding carboxylic acids is 1. The maximum absolute atomic E-state index is 15.1. The van der Waals surface area contributed by atoms with E-state index in [9.17, 15) is 9.59 Å². The second kappa shape index (κ2) is 13.5. The van der Waals surface area contributed by atoms with E-state index >= 15 is 4.39 Å². The molecule has 0 saturated carbocycles. The number of hydrogen-bond acceptors (Lipinski definition) is 9. The number of amides is 2. The topological polar surface area (TPSA) is 168 Å². The van der Waals surface area contributed by atoms with Gasteiger partial charge in [-0.05, 0) is 20.8 Å². The number of anilines is 1. The van der Waals surface area contributed by atoms with Crippen molar-refractivity contribution in [3.8, 4) is 11.1 Å². The Balaban J connectivity index is 1.51. The summed E-state index contributed by atoms with van der Waals surface area (Å²) in [5.41, 5.74) is 6.86. The van der Waals surface area contributed by atoms with Crippen LogP contribution in [0.5, 0.6) is 0 Å². The Hall–Kier alpha value is -4.49. The largest absolute Gasteiger partial charge is 0.465 e. The van der Waals surface area contributed by atoms with Crippen LogP contribution in [0.4, 0.5) is 19.9 Å². The van der Waals surface area contributed by atoms with Gasteiger partial charge in [0, 0.05) is 62.1 Å². The lowest BCUT2D eigenvalue weighted by molar-refractivity contribution is 0.0235. The van der Waals surface area contributed by atoms with Crippen LogP contribution < -0.4 is 16.0 Å². The highest BCUT2D eigenvalue weighted by Crippen LogP contribution is 2.26. The average molecular weight is 559 g/mol. The number of carboxylic acid groups (broad SMARTS) is 1. The SMILES string of the molecule is CN(CCON=C1CCN(c2ncc(-c3cccc(CN=C(N)NC(=O)O)c3F)cn2)CC1)C(=O)OC(C)(C)C. The molecule has 0 spiro atoms. The van der Waals surface area contributed by atoms with E-state index in [1.165, 1.54) is 4.90 Å². The Kier molecular flexibility index (Phi) is 10.2. The molecule has 4 N–H and O–H groups in total. The summed E-state index contributed by atoms with van der Waals surface area (Å²) in [6, 6.07) is 4.82.